The molecule has 0 radical (unpaired) electrons. The molecule has 1 saturated carbocycles. The second kappa shape index (κ2) is 24.1. The van der Waals surface area contributed by atoms with Crippen LogP contribution in [0.25, 0.3) is 0 Å². The molecule has 3 heterocycles. The first kappa shape index (κ1) is 40.6. The van der Waals surface area contributed by atoms with Crippen molar-refractivity contribution in [2.75, 3.05) is 13.2 Å². The maximum atomic E-state index is 13.0. The minimum absolute atomic E-state index is 0.0999. The molecule has 7 nitrogen and oxygen atoms in total. The minimum atomic E-state index is -0.446. The van der Waals surface area contributed by atoms with Gasteiger partial charge in [0.05, 0.1) is 61.7 Å². The van der Waals surface area contributed by atoms with Gasteiger partial charge in [-0.25, -0.2) is 0 Å². The smallest absolute Gasteiger partial charge is 0.309 e. The highest BCUT2D eigenvalue weighted by atomic mass is 16.6. The molecule has 284 valence electrons. The second-order valence-corrected chi connectivity index (χ2v) is 15.9. The number of esters is 2. The highest BCUT2D eigenvalue weighted by Crippen LogP contribution is 2.44. The summed E-state index contributed by atoms with van der Waals surface area (Å²) in [5, 5.41) is 0. The third-order valence-corrected chi connectivity index (χ3v) is 11.6. The summed E-state index contributed by atoms with van der Waals surface area (Å²) < 4.78 is 28.9. The Labute approximate surface area is 300 Å². The topological polar surface area (TPSA) is 90.2 Å². The van der Waals surface area contributed by atoms with Gasteiger partial charge in [-0.3, -0.25) is 9.59 Å². The van der Waals surface area contributed by atoms with Crippen LogP contribution in [0.15, 0.2) is 0 Å². The van der Waals surface area contributed by atoms with Crippen LogP contribution in [0.4, 0.5) is 0 Å². The van der Waals surface area contributed by atoms with Crippen LogP contribution in [0.1, 0.15) is 194 Å². The number of hydrogen-bond donors (Lipinski definition) is 0. The number of rotatable bonds is 32. The molecule has 0 N–H and O–H groups in total. The lowest BCUT2D eigenvalue weighted by atomic mass is 9.79. The first-order valence-electron chi connectivity index (χ1n) is 21.4. The molecule has 0 aromatic heterocycles. The van der Waals surface area contributed by atoms with Gasteiger partial charge in [-0.05, 0) is 64.2 Å². The van der Waals surface area contributed by atoms with Gasteiger partial charge in [-0.2, -0.15) is 0 Å². The first-order chi connectivity index (χ1) is 24.1. The van der Waals surface area contributed by atoms with Crippen LogP contribution in [0.5, 0.6) is 0 Å². The number of carbonyl (C=O) groups is 2. The largest absolute Gasteiger partial charge is 0.465 e. The third kappa shape index (κ3) is 16.8. The highest BCUT2D eigenvalue weighted by molar-refractivity contribution is 5.82. The van der Waals surface area contributed by atoms with Gasteiger partial charge in [0.15, 0.2) is 0 Å². The zero-order valence-corrected chi connectivity index (χ0v) is 31.7. The molecule has 0 bridgehead atoms. The van der Waals surface area contributed by atoms with Crippen molar-refractivity contribution >= 4 is 11.9 Å². The molecule has 7 heteroatoms. The normalized spacial score (nSPS) is 28.2. The molecule has 8 unspecified atom stereocenters. The number of fused-ring (bicyclic) bond motifs is 1. The van der Waals surface area contributed by atoms with Crippen LogP contribution >= 0.6 is 0 Å². The average molecular weight is 691 g/mol. The number of ether oxygens (including phenoxy) is 5. The summed E-state index contributed by atoms with van der Waals surface area (Å²) in [5.74, 6) is -1.40. The van der Waals surface area contributed by atoms with E-state index in [2.05, 4.69) is 13.8 Å². The third-order valence-electron chi connectivity index (χ3n) is 11.6. The van der Waals surface area contributed by atoms with Crippen molar-refractivity contribution in [1.29, 1.82) is 0 Å². The van der Waals surface area contributed by atoms with Crippen molar-refractivity contribution in [2.24, 2.45) is 11.8 Å². The van der Waals surface area contributed by atoms with Crippen LogP contribution in [0.2, 0.25) is 0 Å². The van der Waals surface area contributed by atoms with Gasteiger partial charge in [-0.15, -0.1) is 0 Å². The summed E-state index contributed by atoms with van der Waals surface area (Å²) >= 11 is 0. The molecular formula is C42H74O7. The lowest BCUT2D eigenvalue weighted by molar-refractivity contribution is -0.162. The molecule has 4 rings (SSSR count). The van der Waals surface area contributed by atoms with Crippen molar-refractivity contribution in [2.45, 2.75) is 230 Å². The maximum absolute atomic E-state index is 13.0. The quantitative estimate of drug-likeness (QED) is 0.0394. The summed E-state index contributed by atoms with van der Waals surface area (Å²) in [6.45, 7) is 5.38. The molecule has 1 aliphatic carbocycles. The fraction of sp³-hybridized carbons (Fsp3) is 0.952. The van der Waals surface area contributed by atoms with Crippen molar-refractivity contribution in [3.63, 3.8) is 0 Å². The minimum Gasteiger partial charge on any atom is -0.465 e. The van der Waals surface area contributed by atoms with E-state index >= 15 is 0 Å². The molecule has 0 aromatic carbocycles. The molecular weight excluding hydrogens is 616 g/mol. The highest BCUT2D eigenvalue weighted by Gasteiger charge is 2.53. The molecule has 0 amide bonds. The van der Waals surface area contributed by atoms with Crippen LogP contribution in [0, 0.1) is 11.8 Å². The first-order valence-corrected chi connectivity index (χ1v) is 21.4. The zero-order valence-electron chi connectivity index (χ0n) is 31.7. The number of hydrogen-bond acceptors (Lipinski definition) is 7. The Morgan fingerprint density at radius 3 is 1.08 bits per heavy atom. The van der Waals surface area contributed by atoms with Crippen LogP contribution < -0.4 is 0 Å². The van der Waals surface area contributed by atoms with Gasteiger partial charge in [0.1, 0.15) is 0 Å². The molecule has 8 atom stereocenters. The number of epoxide rings is 3. The van der Waals surface area contributed by atoms with Crippen LogP contribution in [-0.4, -0.2) is 61.8 Å². The summed E-state index contributed by atoms with van der Waals surface area (Å²) in [6, 6.07) is 0. The molecule has 0 aromatic rings. The number of unbranched alkanes of at least 4 members (excludes halogenated alkanes) is 18. The molecule has 0 spiro atoms. The van der Waals surface area contributed by atoms with E-state index in [0.29, 0.717) is 50.5 Å². The Hall–Kier alpha value is -1.18. The van der Waals surface area contributed by atoms with Crippen molar-refractivity contribution < 1.29 is 33.3 Å². The SMILES string of the molecule is CCCCCCCCCCC1OC1CCCCCOC(=O)C1CC2OC2CC1C(=O)OCCCCCC1OC1CCCCCCCCCC. The van der Waals surface area contributed by atoms with E-state index in [0.717, 1.165) is 51.4 Å². The monoisotopic (exact) mass is 691 g/mol. The summed E-state index contributed by atoms with van der Waals surface area (Å²) in [7, 11) is 0. The molecule has 4 aliphatic rings. The van der Waals surface area contributed by atoms with E-state index < -0.39 is 11.8 Å². The van der Waals surface area contributed by atoms with E-state index in [9.17, 15) is 9.59 Å². The van der Waals surface area contributed by atoms with Gasteiger partial charge in [0, 0.05) is 0 Å². The Balaban J connectivity index is 0.949. The van der Waals surface area contributed by atoms with Gasteiger partial charge in [-0.1, -0.05) is 129 Å². The Bertz CT molecular complexity index is 824. The van der Waals surface area contributed by atoms with E-state index in [1.54, 1.807) is 0 Å². The van der Waals surface area contributed by atoms with Crippen molar-refractivity contribution in [3.8, 4) is 0 Å². The second-order valence-electron chi connectivity index (χ2n) is 15.9. The molecule has 4 fully saturated rings. The van der Waals surface area contributed by atoms with Gasteiger partial charge in [0.2, 0.25) is 0 Å². The van der Waals surface area contributed by atoms with Gasteiger partial charge < -0.3 is 23.7 Å². The Morgan fingerprint density at radius 2 is 0.735 bits per heavy atom. The summed E-state index contributed by atoms with van der Waals surface area (Å²) in [4.78, 5) is 26.0. The lowest BCUT2D eigenvalue weighted by Gasteiger charge is -2.26. The van der Waals surface area contributed by atoms with E-state index in [1.807, 2.05) is 0 Å². The van der Waals surface area contributed by atoms with Crippen LogP contribution in [0.3, 0.4) is 0 Å². The van der Waals surface area contributed by atoms with Crippen molar-refractivity contribution in [3.05, 3.63) is 0 Å². The fourth-order valence-electron chi connectivity index (χ4n) is 8.09. The Kier molecular flexibility index (Phi) is 20.0. The van der Waals surface area contributed by atoms with Crippen LogP contribution in [-0.2, 0) is 33.3 Å². The standard InChI is InChI=1S/C42H74O7/c1-3-5-7-9-11-13-15-19-25-35-37(47-35)27-21-17-23-29-45-41(43)33-31-39-40(49-39)32-34(33)42(44)46-30-24-18-22-28-38-36(48-38)26-20-16-14-12-10-8-6-4-2/h33-40H,3-32H2,1-2H3. The average Bonchev–Trinajstić information content (AvgIpc) is 4.02. The molecule has 3 aliphatic heterocycles. The molecule has 49 heavy (non-hydrogen) atoms. The lowest BCUT2D eigenvalue weighted by Crippen LogP contribution is -2.37. The van der Waals surface area contributed by atoms with E-state index in [-0.39, 0.29) is 24.1 Å². The van der Waals surface area contributed by atoms with Crippen molar-refractivity contribution in [1.82, 2.24) is 0 Å². The zero-order chi connectivity index (χ0) is 34.5. The van der Waals surface area contributed by atoms with E-state index in [4.69, 9.17) is 23.7 Å². The van der Waals surface area contributed by atoms with Gasteiger partial charge >= 0.3 is 11.9 Å². The summed E-state index contributed by atoms with van der Waals surface area (Å²) in [6.07, 6.45) is 35.6. The predicted octanol–water partition coefficient (Wildman–Crippen LogP) is 10.6. The Morgan fingerprint density at radius 1 is 0.429 bits per heavy atom. The fourth-order valence-corrected chi connectivity index (χ4v) is 8.09. The number of carbonyl (C=O) groups excluding carboxylic acids is 2. The van der Waals surface area contributed by atoms with Gasteiger partial charge in [0.25, 0.3) is 0 Å². The summed E-state index contributed by atoms with van der Waals surface area (Å²) in [5.41, 5.74) is 0. The molecule has 3 saturated heterocycles. The predicted molar refractivity (Wildman–Crippen MR) is 196 cm³/mol. The maximum Gasteiger partial charge on any atom is 0.309 e. The van der Waals surface area contributed by atoms with E-state index in [1.165, 1.54) is 116 Å².